The van der Waals surface area contributed by atoms with Crippen LogP contribution in [0.2, 0.25) is 0 Å². The first-order chi connectivity index (χ1) is 12.2. The zero-order valence-corrected chi connectivity index (χ0v) is 15.8. The molecule has 0 saturated carbocycles. The van der Waals surface area contributed by atoms with Gasteiger partial charge in [0.15, 0.2) is 10.9 Å². The number of carbonyl (C=O) groups excluding carboxylic acids is 3. The van der Waals surface area contributed by atoms with Crippen molar-refractivity contribution >= 4 is 34.1 Å². The topological polar surface area (TPSA) is 88.2 Å². The number of aromatic nitrogens is 1. The summed E-state index contributed by atoms with van der Waals surface area (Å²) in [6.45, 7) is 5.81. The quantitative estimate of drug-likeness (QED) is 0.865. The number of benzene rings is 1. The SMILES string of the molecule is Cc1cccc(C(=O)NCC(=O)Nc2nc3c(s2)C(=O)CC(C)(C)C3)c1. The third-order valence-corrected chi connectivity index (χ3v) is 5.23. The normalized spacial score (nSPS) is 15.3. The summed E-state index contributed by atoms with van der Waals surface area (Å²) in [5.41, 5.74) is 2.12. The Hall–Kier alpha value is -2.54. The van der Waals surface area contributed by atoms with Gasteiger partial charge in [0.05, 0.1) is 17.1 Å². The number of ketones is 1. The lowest BCUT2D eigenvalue weighted by molar-refractivity contribution is -0.115. The first-order valence-corrected chi connectivity index (χ1v) is 9.23. The van der Waals surface area contributed by atoms with Crippen LogP contribution in [0.25, 0.3) is 0 Å². The number of anilines is 1. The Balaban J connectivity index is 1.59. The number of hydrogen-bond donors (Lipinski definition) is 2. The van der Waals surface area contributed by atoms with Crippen molar-refractivity contribution in [1.82, 2.24) is 10.3 Å². The molecule has 0 fully saturated rings. The number of carbonyl (C=O) groups is 3. The zero-order chi connectivity index (χ0) is 18.9. The van der Waals surface area contributed by atoms with Crippen LogP contribution in [0, 0.1) is 12.3 Å². The second-order valence-electron chi connectivity index (χ2n) is 7.34. The van der Waals surface area contributed by atoms with Crippen molar-refractivity contribution in [2.45, 2.75) is 33.6 Å². The Kier molecular flexibility index (Phi) is 4.91. The molecule has 1 aliphatic rings. The van der Waals surface area contributed by atoms with Crippen molar-refractivity contribution in [2.75, 3.05) is 11.9 Å². The molecular weight excluding hydrogens is 350 g/mol. The Bertz CT molecular complexity index is 886. The van der Waals surface area contributed by atoms with Crippen LogP contribution >= 0.6 is 11.3 Å². The van der Waals surface area contributed by atoms with Gasteiger partial charge in [-0.15, -0.1) is 0 Å². The molecule has 0 spiro atoms. The third-order valence-electron chi connectivity index (χ3n) is 4.17. The predicted octanol–water partition coefficient (Wildman–Crippen LogP) is 2.98. The molecule has 3 rings (SSSR count). The highest BCUT2D eigenvalue weighted by Crippen LogP contribution is 2.38. The van der Waals surface area contributed by atoms with Crippen LogP contribution in [0.4, 0.5) is 5.13 Å². The maximum absolute atomic E-state index is 12.2. The monoisotopic (exact) mass is 371 g/mol. The van der Waals surface area contributed by atoms with Gasteiger partial charge in [0, 0.05) is 12.0 Å². The zero-order valence-electron chi connectivity index (χ0n) is 15.0. The minimum atomic E-state index is -0.371. The largest absolute Gasteiger partial charge is 0.343 e. The lowest BCUT2D eigenvalue weighted by Gasteiger charge is -2.26. The standard InChI is InChI=1S/C19H21N3O3S/c1-11-5-4-6-12(7-11)17(25)20-10-15(24)22-18-21-13-8-19(2,3)9-14(23)16(13)26-18/h4-7H,8-10H2,1-3H3,(H,20,25)(H,21,22,24). The summed E-state index contributed by atoms with van der Waals surface area (Å²) in [4.78, 5) is 41.4. The molecule has 1 aromatic carbocycles. The fourth-order valence-electron chi connectivity index (χ4n) is 2.99. The van der Waals surface area contributed by atoms with E-state index < -0.39 is 0 Å². The summed E-state index contributed by atoms with van der Waals surface area (Å²) in [7, 11) is 0. The lowest BCUT2D eigenvalue weighted by Crippen LogP contribution is -2.32. The fourth-order valence-corrected chi connectivity index (χ4v) is 3.92. The molecule has 2 amide bonds. The number of rotatable bonds is 4. The second kappa shape index (κ2) is 6.99. The van der Waals surface area contributed by atoms with Crippen molar-refractivity contribution in [1.29, 1.82) is 0 Å². The lowest BCUT2D eigenvalue weighted by atomic mass is 9.78. The van der Waals surface area contributed by atoms with Gasteiger partial charge in [-0.1, -0.05) is 42.9 Å². The first kappa shape index (κ1) is 18.3. The Labute approximate surface area is 156 Å². The van der Waals surface area contributed by atoms with E-state index >= 15 is 0 Å². The molecule has 0 unspecified atom stereocenters. The van der Waals surface area contributed by atoms with Crippen molar-refractivity contribution in [3.8, 4) is 0 Å². The highest BCUT2D eigenvalue weighted by molar-refractivity contribution is 7.17. The van der Waals surface area contributed by atoms with E-state index in [0.29, 0.717) is 28.4 Å². The Morgan fingerprint density at radius 2 is 2.04 bits per heavy atom. The van der Waals surface area contributed by atoms with E-state index in [1.807, 2.05) is 26.8 Å². The van der Waals surface area contributed by atoms with Gasteiger partial charge in [-0.2, -0.15) is 0 Å². The molecule has 0 radical (unpaired) electrons. The molecule has 1 aliphatic carbocycles. The molecule has 0 atom stereocenters. The highest BCUT2D eigenvalue weighted by Gasteiger charge is 2.34. The van der Waals surface area contributed by atoms with Crippen LogP contribution < -0.4 is 10.6 Å². The fraction of sp³-hybridized carbons (Fsp3) is 0.368. The molecule has 1 aromatic heterocycles. The van der Waals surface area contributed by atoms with E-state index in [2.05, 4.69) is 15.6 Å². The van der Waals surface area contributed by atoms with Gasteiger partial charge >= 0.3 is 0 Å². The molecule has 2 aromatic rings. The van der Waals surface area contributed by atoms with Gasteiger partial charge in [0.2, 0.25) is 5.91 Å². The van der Waals surface area contributed by atoms with Gasteiger partial charge in [-0.25, -0.2) is 4.98 Å². The number of aryl methyl sites for hydroxylation is 1. The summed E-state index contributed by atoms with van der Waals surface area (Å²) in [5.74, 6) is -0.606. The van der Waals surface area contributed by atoms with Crippen LogP contribution in [0.1, 0.15) is 51.6 Å². The van der Waals surface area contributed by atoms with Crippen molar-refractivity contribution in [2.24, 2.45) is 5.41 Å². The van der Waals surface area contributed by atoms with Crippen molar-refractivity contribution < 1.29 is 14.4 Å². The molecule has 26 heavy (non-hydrogen) atoms. The van der Waals surface area contributed by atoms with E-state index in [9.17, 15) is 14.4 Å². The summed E-state index contributed by atoms with van der Waals surface area (Å²) >= 11 is 1.20. The summed E-state index contributed by atoms with van der Waals surface area (Å²) in [5, 5.41) is 5.65. The minimum Gasteiger partial charge on any atom is -0.343 e. The van der Waals surface area contributed by atoms with E-state index in [-0.39, 0.29) is 29.6 Å². The molecule has 136 valence electrons. The Morgan fingerprint density at radius 3 is 2.77 bits per heavy atom. The van der Waals surface area contributed by atoms with Crippen molar-refractivity contribution in [3.63, 3.8) is 0 Å². The molecule has 7 heteroatoms. The van der Waals surface area contributed by atoms with Crippen LogP contribution in [0.3, 0.4) is 0 Å². The third kappa shape index (κ3) is 4.16. The molecule has 0 aliphatic heterocycles. The number of hydrogen-bond acceptors (Lipinski definition) is 5. The van der Waals surface area contributed by atoms with Crippen LogP contribution in [0.15, 0.2) is 24.3 Å². The van der Waals surface area contributed by atoms with E-state index in [4.69, 9.17) is 0 Å². The smallest absolute Gasteiger partial charge is 0.251 e. The van der Waals surface area contributed by atoms with E-state index in [1.54, 1.807) is 18.2 Å². The van der Waals surface area contributed by atoms with Gasteiger partial charge in [-0.3, -0.25) is 14.4 Å². The number of Topliss-reactive ketones (excluding diaryl/α,β-unsaturated/α-hetero) is 1. The van der Waals surface area contributed by atoms with Crippen molar-refractivity contribution in [3.05, 3.63) is 46.0 Å². The molecule has 0 saturated heterocycles. The Morgan fingerprint density at radius 1 is 1.27 bits per heavy atom. The number of nitrogens with one attached hydrogen (secondary N) is 2. The number of nitrogens with zero attached hydrogens (tertiary/aromatic N) is 1. The van der Waals surface area contributed by atoms with Crippen LogP contribution in [-0.2, 0) is 11.2 Å². The van der Waals surface area contributed by atoms with E-state index in [0.717, 1.165) is 11.3 Å². The van der Waals surface area contributed by atoms with Crippen LogP contribution in [0.5, 0.6) is 0 Å². The van der Waals surface area contributed by atoms with Gasteiger partial charge in [0.25, 0.3) is 5.91 Å². The second-order valence-corrected chi connectivity index (χ2v) is 8.34. The van der Waals surface area contributed by atoms with Gasteiger partial charge in [0.1, 0.15) is 0 Å². The average Bonchev–Trinajstić information content (AvgIpc) is 2.93. The van der Waals surface area contributed by atoms with Crippen LogP contribution in [-0.4, -0.2) is 29.1 Å². The minimum absolute atomic E-state index is 0.0713. The highest BCUT2D eigenvalue weighted by atomic mass is 32.1. The number of thiazole rings is 1. The molecule has 1 heterocycles. The maximum Gasteiger partial charge on any atom is 0.251 e. The first-order valence-electron chi connectivity index (χ1n) is 8.41. The summed E-state index contributed by atoms with van der Waals surface area (Å²) in [6, 6.07) is 7.15. The molecule has 2 N–H and O–H groups in total. The maximum atomic E-state index is 12.2. The predicted molar refractivity (Wildman–Crippen MR) is 101 cm³/mol. The van der Waals surface area contributed by atoms with Gasteiger partial charge in [-0.05, 0) is 30.9 Å². The van der Waals surface area contributed by atoms with E-state index in [1.165, 1.54) is 11.3 Å². The molecular formula is C19H21N3O3S. The molecule has 0 bridgehead atoms. The number of fused-ring (bicyclic) bond motifs is 1. The summed E-state index contributed by atoms with van der Waals surface area (Å²) in [6.07, 6.45) is 1.20. The summed E-state index contributed by atoms with van der Waals surface area (Å²) < 4.78 is 0. The molecule has 6 nitrogen and oxygen atoms in total. The van der Waals surface area contributed by atoms with Gasteiger partial charge < -0.3 is 10.6 Å². The average molecular weight is 371 g/mol. The number of amides is 2.